The van der Waals surface area contributed by atoms with Gasteiger partial charge in [-0.15, -0.1) is 11.3 Å². The van der Waals surface area contributed by atoms with E-state index in [4.69, 9.17) is 0 Å². The molecule has 2 heterocycles. The van der Waals surface area contributed by atoms with E-state index in [-0.39, 0.29) is 0 Å². The number of hydrogen-bond donors (Lipinski definition) is 1. The number of rotatable bonds is 5. The summed E-state index contributed by atoms with van der Waals surface area (Å²) in [4.78, 5) is 8.43. The maximum absolute atomic E-state index is 4.63. The lowest BCUT2D eigenvalue weighted by Crippen LogP contribution is -2.32. The lowest BCUT2D eigenvalue weighted by molar-refractivity contribution is 0.210. The average Bonchev–Trinajstić information content (AvgIpc) is 2.71. The summed E-state index contributed by atoms with van der Waals surface area (Å²) in [5, 5.41) is 4.82. The van der Waals surface area contributed by atoms with Crippen molar-refractivity contribution in [3.8, 4) is 0 Å². The Morgan fingerprint density at radius 3 is 2.63 bits per heavy atom. The number of thiazole rings is 1. The molecule has 1 atom stereocenters. The molecule has 1 N–H and O–H groups in total. The Labute approximate surface area is 121 Å². The molecular formula is C15H27N3S. The van der Waals surface area contributed by atoms with Crippen LogP contribution in [-0.4, -0.2) is 36.6 Å². The predicted molar refractivity (Wildman–Crippen MR) is 82.8 cm³/mol. The molecule has 4 heteroatoms. The molecule has 3 nitrogen and oxygen atoms in total. The lowest BCUT2D eigenvalue weighted by atomic mass is 9.94. The highest BCUT2D eigenvalue weighted by Crippen LogP contribution is 2.23. The van der Waals surface area contributed by atoms with E-state index in [1.54, 1.807) is 11.3 Å². The minimum atomic E-state index is 0.385. The monoisotopic (exact) mass is 281 g/mol. The summed E-state index contributed by atoms with van der Waals surface area (Å²) < 4.78 is 0. The third kappa shape index (κ3) is 4.26. The number of hydrogen-bond acceptors (Lipinski definition) is 4. The van der Waals surface area contributed by atoms with E-state index >= 15 is 0 Å². The zero-order chi connectivity index (χ0) is 13.8. The minimum Gasteiger partial charge on any atom is -0.309 e. The molecule has 1 aromatic heterocycles. The molecular weight excluding hydrogens is 254 g/mol. The van der Waals surface area contributed by atoms with Gasteiger partial charge in [-0.05, 0) is 72.6 Å². The largest absolute Gasteiger partial charge is 0.309 e. The zero-order valence-corrected chi connectivity index (χ0v) is 13.5. The van der Waals surface area contributed by atoms with Gasteiger partial charge in [0.25, 0.3) is 0 Å². The minimum absolute atomic E-state index is 0.385. The first-order valence-corrected chi connectivity index (χ1v) is 8.23. The van der Waals surface area contributed by atoms with Crippen LogP contribution in [0, 0.1) is 19.8 Å². The molecule has 1 unspecified atom stereocenters. The van der Waals surface area contributed by atoms with Crippen LogP contribution in [0.3, 0.4) is 0 Å². The molecule has 0 aromatic carbocycles. The van der Waals surface area contributed by atoms with Gasteiger partial charge in [-0.1, -0.05) is 0 Å². The van der Waals surface area contributed by atoms with Gasteiger partial charge >= 0.3 is 0 Å². The van der Waals surface area contributed by atoms with Crippen molar-refractivity contribution in [2.75, 3.05) is 26.7 Å². The smallest absolute Gasteiger partial charge is 0.0900 e. The maximum Gasteiger partial charge on any atom is 0.0900 e. The van der Waals surface area contributed by atoms with Crippen molar-refractivity contribution in [2.45, 2.75) is 46.1 Å². The van der Waals surface area contributed by atoms with Crippen molar-refractivity contribution >= 4 is 11.3 Å². The number of nitrogens with zero attached hydrogens (tertiary/aromatic N) is 2. The molecule has 1 fully saturated rings. The van der Waals surface area contributed by atoms with Crippen LogP contribution in [0.25, 0.3) is 0 Å². The van der Waals surface area contributed by atoms with Crippen LogP contribution in [0.5, 0.6) is 0 Å². The van der Waals surface area contributed by atoms with Gasteiger partial charge in [0, 0.05) is 10.9 Å². The first-order valence-electron chi connectivity index (χ1n) is 7.42. The molecule has 1 saturated heterocycles. The van der Waals surface area contributed by atoms with Gasteiger partial charge in [0.2, 0.25) is 0 Å². The Morgan fingerprint density at radius 2 is 2.05 bits per heavy atom. The molecule has 0 saturated carbocycles. The Bertz CT molecular complexity index is 394. The normalized spacial score (nSPS) is 19.8. The van der Waals surface area contributed by atoms with Gasteiger partial charge in [0.05, 0.1) is 10.7 Å². The second kappa shape index (κ2) is 6.82. The highest BCUT2D eigenvalue weighted by molar-refractivity contribution is 7.11. The number of aryl methyl sites for hydroxylation is 2. The molecule has 0 amide bonds. The second-order valence-corrected chi connectivity index (χ2v) is 7.29. The molecule has 1 aliphatic heterocycles. The molecule has 108 valence electrons. The fraction of sp³-hybridized carbons (Fsp3) is 0.800. The summed E-state index contributed by atoms with van der Waals surface area (Å²) >= 11 is 1.80. The Balaban J connectivity index is 1.72. The topological polar surface area (TPSA) is 28.2 Å². The van der Waals surface area contributed by atoms with Crippen molar-refractivity contribution in [1.82, 2.24) is 15.2 Å². The van der Waals surface area contributed by atoms with Crippen LogP contribution in [0.2, 0.25) is 0 Å². The Hall–Kier alpha value is -0.450. The van der Waals surface area contributed by atoms with Crippen LogP contribution in [0.4, 0.5) is 0 Å². The summed E-state index contributed by atoms with van der Waals surface area (Å²) in [5.74, 6) is 0.911. The van der Waals surface area contributed by atoms with Crippen LogP contribution in [-0.2, 0) is 0 Å². The van der Waals surface area contributed by atoms with Crippen molar-refractivity contribution in [1.29, 1.82) is 0 Å². The van der Waals surface area contributed by atoms with Crippen molar-refractivity contribution < 1.29 is 0 Å². The van der Waals surface area contributed by atoms with Crippen molar-refractivity contribution in [3.63, 3.8) is 0 Å². The quantitative estimate of drug-likeness (QED) is 0.898. The summed E-state index contributed by atoms with van der Waals surface area (Å²) in [6.07, 6.45) is 4.03. The number of nitrogens with one attached hydrogen (secondary N) is 1. The fourth-order valence-corrected chi connectivity index (χ4v) is 3.81. The van der Waals surface area contributed by atoms with E-state index < -0.39 is 0 Å². The molecule has 0 radical (unpaired) electrons. The maximum atomic E-state index is 4.63. The van der Waals surface area contributed by atoms with Crippen molar-refractivity contribution in [3.05, 3.63) is 15.6 Å². The van der Waals surface area contributed by atoms with Gasteiger partial charge in [-0.2, -0.15) is 0 Å². The summed E-state index contributed by atoms with van der Waals surface area (Å²) in [6, 6.07) is 0.385. The molecule has 0 spiro atoms. The Kier molecular flexibility index (Phi) is 5.37. The molecule has 2 rings (SSSR count). The van der Waals surface area contributed by atoms with Gasteiger partial charge in [-0.25, -0.2) is 4.98 Å². The predicted octanol–water partition coefficient (Wildman–Crippen LogP) is 3.14. The van der Waals surface area contributed by atoms with Gasteiger partial charge in [-0.3, -0.25) is 0 Å². The van der Waals surface area contributed by atoms with Crippen LogP contribution in [0.15, 0.2) is 0 Å². The molecule has 0 aliphatic carbocycles. The highest BCUT2D eigenvalue weighted by Gasteiger charge is 2.17. The third-order valence-electron chi connectivity index (χ3n) is 4.19. The second-order valence-electron chi connectivity index (χ2n) is 5.89. The molecule has 1 aliphatic rings. The summed E-state index contributed by atoms with van der Waals surface area (Å²) in [7, 11) is 2.23. The first-order chi connectivity index (χ1) is 9.06. The lowest BCUT2D eigenvalue weighted by Gasteiger charge is -2.29. The standard InChI is InChI=1S/C15H27N3S/c1-11(15-12(2)19-13(3)17-15)16-8-5-14-6-9-18(4)10-7-14/h11,14,16H,5-10H2,1-4H3. The van der Waals surface area contributed by atoms with Crippen LogP contribution in [0.1, 0.15) is 47.8 Å². The Morgan fingerprint density at radius 1 is 1.37 bits per heavy atom. The summed E-state index contributed by atoms with van der Waals surface area (Å²) in [6.45, 7) is 10.2. The van der Waals surface area contributed by atoms with E-state index in [9.17, 15) is 0 Å². The van der Waals surface area contributed by atoms with Crippen molar-refractivity contribution in [2.24, 2.45) is 5.92 Å². The zero-order valence-electron chi connectivity index (χ0n) is 12.7. The molecule has 19 heavy (non-hydrogen) atoms. The van der Waals surface area contributed by atoms with Gasteiger partial charge in [0.1, 0.15) is 0 Å². The number of piperidine rings is 1. The van der Waals surface area contributed by atoms with E-state index in [1.165, 1.54) is 47.9 Å². The van der Waals surface area contributed by atoms with Gasteiger partial charge < -0.3 is 10.2 Å². The van der Waals surface area contributed by atoms with E-state index in [2.05, 4.69) is 43.0 Å². The highest BCUT2D eigenvalue weighted by atomic mass is 32.1. The first kappa shape index (κ1) is 14.9. The van der Waals surface area contributed by atoms with E-state index in [0.29, 0.717) is 6.04 Å². The SMILES string of the molecule is Cc1nc(C(C)NCCC2CCN(C)CC2)c(C)s1. The molecule has 0 bridgehead atoms. The fourth-order valence-electron chi connectivity index (χ4n) is 2.90. The summed E-state index contributed by atoms with van der Waals surface area (Å²) in [5.41, 5.74) is 1.24. The number of likely N-dealkylation sites (tertiary alicyclic amines) is 1. The van der Waals surface area contributed by atoms with Crippen LogP contribution >= 0.6 is 11.3 Å². The van der Waals surface area contributed by atoms with E-state index in [0.717, 1.165) is 12.5 Å². The third-order valence-corrected chi connectivity index (χ3v) is 5.09. The number of aromatic nitrogens is 1. The molecule has 1 aromatic rings. The van der Waals surface area contributed by atoms with Crippen LogP contribution < -0.4 is 5.32 Å². The van der Waals surface area contributed by atoms with E-state index in [1.807, 2.05) is 0 Å². The van der Waals surface area contributed by atoms with Gasteiger partial charge in [0.15, 0.2) is 0 Å². The average molecular weight is 281 g/mol.